The number of nitrogens with zero attached hydrogens (tertiary/aromatic N) is 2. The predicted molar refractivity (Wildman–Crippen MR) is 78.9 cm³/mol. The molecule has 20 heavy (non-hydrogen) atoms. The van der Waals surface area contributed by atoms with Gasteiger partial charge in [-0.05, 0) is 46.9 Å². The van der Waals surface area contributed by atoms with Crippen molar-refractivity contribution in [1.82, 2.24) is 15.3 Å². The Kier molecular flexibility index (Phi) is 4.83. The lowest BCUT2D eigenvalue weighted by Crippen LogP contribution is -2.23. The van der Waals surface area contributed by atoms with Gasteiger partial charge >= 0.3 is 0 Å². The molecule has 0 radical (unpaired) electrons. The number of hydrogen-bond donors (Lipinski definition) is 1. The van der Waals surface area contributed by atoms with Crippen LogP contribution in [0.3, 0.4) is 0 Å². The number of benzene rings is 1. The van der Waals surface area contributed by atoms with Crippen LogP contribution < -0.4 is 10.1 Å². The number of amides is 1. The Morgan fingerprint density at radius 1 is 1.40 bits per heavy atom. The number of halogens is 2. The van der Waals surface area contributed by atoms with Gasteiger partial charge in [0, 0.05) is 5.56 Å². The molecule has 1 aromatic heterocycles. The van der Waals surface area contributed by atoms with Crippen molar-refractivity contribution < 1.29 is 13.9 Å². The number of carbonyl (C=O) groups excluding carboxylic acids is 1. The van der Waals surface area contributed by atoms with E-state index in [1.807, 2.05) is 22.6 Å². The van der Waals surface area contributed by atoms with E-state index in [0.29, 0.717) is 20.8 Å². The summed E-state index contributed by atoms with van der Waals surface area (Å²) in [6, 6.07) is 5.31. The van der Waals surface area contributed by atoms with Crippen LogP contribution in [-0.2, 0) is 6.54 Å². The summed E-state index contributed by atoms with van der Waals surface area (Å²) >= 11 is 2.02. The second kappa shape index (κ2) is 6.60. The summed E-state index contributed by atoms with van der Waals surface area (Å²) in [6.45, 7) is 0.184. The third kappa shape index (κ3) is 3.62. The number of hydrogen-bond acceptors (Lipinski definition) is 4. The number of rotatable bonds is 4. The lowest BCUT2D eigenvalue weighted by Gasteiger charge is -2.08. The molecule has 0 aliphatic rings. The van der Waals surface area contributed by atoms with Crippen molar-refractivity contribution in [2.75, 3.05) is 7.11 Å². The van der Waals surface area contributed by atoms with Gasteiger partial charge in [0.25, 0.3) is 5.91 Å². The summed E-state index contributed by atoms with van der Waals surface area (Å²) in [4.78, 5) is 20.2. The van der Waals surface area contributed by atoms with Crippen LogP contribution in [-0.4, -0.2) is 23.0 Å². The number of nitrogens with one attached hydrogen (secondary N) is 1. The molecule has 1 amide bonds. The van der Waals surface area contributed by atoms with Crippen molar-refractivity contribution in [3.05, 3.63) is 51.2 Å². The largest absolute Gasteiger partial charge is 0.480 e. The Labute approximate surface area is 128 Å². The van der Waals surface area contributed by atoms with E-state index in [1.165, 1.54) is 31.4 Å². The molecule has 0 fully saturated rings. The van der Waals surface area contributed by atoms with Crippen molar-refractivity contribution in [1.29, 1.82) is 0 Å². The van der Waals surface area contributed by atoms with Crippen LogP contribution in [0, 0.1) is 9.52 Å². The standard InChI is InChI=1S/C13H11FIN3O2/c1-20-13-10(16-7-11(15)18-13)6-17-12(19)8-2-4-9(14)5-3-8/h2-5,7H,6H2,1H3,(H,17,19). The first kappa shape index (κ1) is 14.6. The molecule has 0 aliphatic heterocycles. The minimum absolute atomic E-state index is 0.184. The number of aromatic nitrogens is 2. The molecule has 1 N–H and O–H groups in total. The quantitative estimate of drug-likeness (QED) is 0.817. The van der Waals surface area contributed by atoms with Gasteiger partial charge in [0.05, 0.1) is 19.9 Å². The monoisotopic (exact) mass is 387 g/mol. The Bertz CT molecular complexity index is 620. The van der Waals surface area contributed by atoms with E-state index in [1.54, 1.807) is 6.20 Å². The molecule has 5 nitrogen and oxygen atoms in total. The molecular formula is C13H11FIN3O2. The maximum atomic E-state index is 12.8. The van der Waals surface area contributed by atoms with Gasteiger partial charge in [-0.1, -0.05) is 0 Å². The first-order valence-electron chi connectivity index (χ1n) is 5.69. The summed E-state index contributed by atoms with van der Waals surface area (Å²) in [6.07, 6.45) is 1.59. The highest BCUT2D eigenvalue weighted by Crippen LogP contribution is 2.14. The first-order valence-corrected chi connectivity index (χ1v) is 6.77. The number of carbonyl (C=O) groups is 1. The van der Waals surface area contributed by atoms with Crippen LogP contribution in [0.15, 0.2) is 30.5 Å². The fourth-order valence-electron chi connectivity index (χ4n) is 1.53. The molecule has 0 unspecified atom stereocenters. The third-order valence-electron chi connectivity index (χ3n) is 2.50. The van der Waals surface area contributed by atoms with Crippen molar-refractivity contribution in [2.45, 2.75) is 6.54 Å². The molecule has 7 heteroatoms. The van der Waals surface area contributed by atoms with Gasteiger partial charge in [-0.3, -0.25) is 9.78 Å². The van der Waals surface area contributed by atoms with Crippen LogP contribution in [0.2, 0.25) is 0 Å². The van der Waals surface area contributed by atoms with Crippen molar-refractivity contribution in [3.8, 4) is 5.88 Å². The Balaban J connectivity index is 2.05. The summed E-state index contributed by atoms with van der Waals surface area (Å²) in [5.74, 6) is -0.324. The van der Waals surface area contributed by atoms with Crippen LogP contribution in [0.1, 0.15) is 16.1 Å². The maximum Gasteiger partial charge on any atom is 0.251 e. The third-order valence-corrected chi connectivity index (χ3v) is 3.02. The zero-order chi connectivity index (χ0) is 14.5. The molecule has 2 aromatic rings. The average Bonchev–Trinajstić information content (AvgIpc) is 2.46. The van der Waals surface area contributed by atoms with E-state index in [2.05, 4.69) is 15.3 Å². The van der Waals surface area contributed by atoms with Crippen LogP contribution in [0.25, 0.3) is 0 Å². The predicted octanol–water partition coefficient (Wildman–Crippen LogP) is 2.16. The highest BCUT2D eigenvalue weighted by molar-refractivity contribution is 14.1. The van der Waals surface area contributed by atoms with E-state index >= 15 is 0 Å². The van der Waals surface area contributed by atoms with E-state index in [9.17, 15) is 9.18 Å². The normalized spacial score (nSPS) is 10.2. The molecule has 0 saturated heterocycles. The van der Waals surface area contributed by atoms with Gasteiger partial charge in [-0.2, -0.15) is 0 Å². The van der Waals surface area contributed by atoms with Gasteiger partial charge in [0.2, 0.25) is 5.88 Å². The molecule has 0 spiro atoms. The lowest BCUT2D eigenvalue weighted by atomic mass is 10.2. The number of methoxy groups -OCH3 is 1. The highest BCUT2D eigenvalue weighted by atomic mass is 127. The van der Waals surface area contributed by atoms with Crippen LogP contribution >= 0.6 is 22.6 Å². The fourth-order valence-corrected chi connectivity index (χ4v) is 1.89. The van der Waals surface area contributed by atoms with E-state index in [0.717, 1.165) is 0 Å². The maximum absolute atomic E-state index is 12.8. The molecule has 104 valence electrons. The number of ether oxygens (including phenoxy) is 1. The van der Waals surface area contributed by atoms with Crippen LogP contribution in [0.5, 0.6) is 5.88 Å². The summed E-state index contributed by atoms with van der Waals surface area (Å²) in [5.41, 5.74) is 0.909. The minimum atomic E-state index is -0.383. The molecule has 0 bridgehead atoms. The summed E-state index contributed by atoms with van der Waals surface area (Å²) in [7, 11) is 1.49. The summed E-state index contributed by atoms with van der Waals surface area (Å²) < 4.78 is 18.6. The Morgan fingerprint density at radius 2 is 2.10 bits per heavy atom. The fraction of sp³-hybridized carbons (Fsp3) is 0.154. The first-order chi connectivity index (χ1) is 9.60. The highest BCUT2D eigenvalue weighted by Gasteiger charge is 2.10. The van der Waals surface area contributed by atoms with Crippen molar-refractivity contribution >= 4 is 28.5 Å². The molecule has 1 heterocycles. The SMILES string of the molecule is COc1nc(I)cnc1CNC(=O)c1ccc(F)cc1. The zero-order valence-electron chi connectivity index (χ0n) is 10.6. The molecule has 0 aliphatic carbocycles. The second-order valence-corrected chi connectivity index (χ2v) is 4.94. The molecule has 0 saturated carbocycles. The smallest absolute Gasteiger partial charge is 0.251 e. The van der Waals surface area contributed by atoms with E-state index < -0.39 is 0 Å². The second-order valence-electron chi connectivity index (χ2n) is 3.84. The van der Waals surface area contributed by atoms with Gasteiger partial charge in [-0.15, -0.1) is 0 Å². The molecular weight excluding hydrogens is 376 g/mol. The van der Waals surface area contributed by atoms with Crippen molar-refractivity contribution in [2.24, 2.45) is 0 Å². The Hall–Kier alpha value is -1.77. The van der Waals surface area contributed by atoms with Gasteiger partial charge in [0.15, 0.2) is 0 Å². The van der Waals surface area contributed by atoms with Crippen molar-refractivity contribution in [3.63, 3.8) is 0 Å². The van der Waals surface area contributed by atoms with E-state index in [4.69, 9.17) is 4.74 Å². The zero-order valence-corrected chi connectivity index (χ0v) is 12.7. The Morgan fingerprint density at radius 3 is 2.75 bits per heavy atom. The molecule has 2 rings (SSSR count). The molecule has 1 aromatic carbocycles. The van der Waals surface area contributed by atoms with Gasteiger partial charge in [-0.25, -0.2) is 9.37 Å². The minimum Gasteiger partial charge on any atom is -0.480 e. The van der Waals surface area contributed by atoms with Crippen LogP contribution in [0.4, 0.5) is 4.39 Å². The topological polar surface area (TPSA) is 64.1 Å². The molecule has 0 atom stereocenters. The van der Waals surface area contributed by atoms with Gasteiger partial charge in [0.1, 0.15) is 15.2 Å². The summed E-state index contributed by atoms with van der Waals surface area (Å²) in [5, 5.41) is 2.68. The average molecular weight is 387 g/mol. The lowest BCUT2D eigenvalue weighted by molar-refractivity contribution is 0.0950. The van der Waals surface area contributed by atoms with E-state index in [-0.39, 0.29) is 18.3 Å². The van der Waals surface area contributed by atoms with Gasteiger partial charge < -0.3 is 10.1 Å².